The van der Waals surface area contributed by atoms with Gasteiger partial charge in [-0.1, -0.05) is 0 Å². The molecule has 0 spiro atoms. The van der Waals surface area contributed by atoms with Crippen LogP contribution in [0.25, 0.3) is 0 Å². The topological polar surface area (TPSA) is 46.9 Å². The van der Waals surface area contributed by atoms with Gasteiger partial charge in [0, 0.05) is 15.0 Å². The lowest BCUT2D eigenvalue weighted by Gasteiger charge is -2.06. The Morgan fingerprint density at radius 3 is 2.56 bits per heavy atom. The van der Waals surface area contributed by atoms with Crippen molar-refractivity contribution in [2.45, 2.75) is 20.4 Å². The van der Waals surface area contributed by atoms with Gasteiger partial charge in [-0.15, -0.1) is 0 Å². The second kappa shape index (κ2) is 5.51. The van der Waals surface area contributed by atoms with Crippen LogP contribution in [0.15, 0.2) is 30.3 Å². The number of amides is 1. The van der Waals surface area contributed by atoms with Gasteiger partial charge < -0.3 is 5.32 Å². The monoisotopic (exact) mass is 355 g/mol. The van der Waals surface area contributed by atoms with E-state index in [-0.39, 0.29) is 12.5 Å². The molecule has 5 heteroatoms. The number of anilines is 1. The van der Waals surface area contributed by atoms with Crippen molar-refractivity contribution in [1.82, 2.24) is 9.78 Å². The maximum Gasteiger partial charge on any atom is 0.246 e. The zero-order chi connectivity index (χ0) is 13.1. The largest absolute Gasteiger partial charge is 0.324 e. The first kappa shape index (κ1) is 13.1. The van der Waals surface area contributed by atoms with Crippen LogP contribution in [0.5, 0.6) is 0 Å². The molecule has 1 N–H and O–H groups in total. The quantitative estimate of drug-likeness (QED) is 0.861. The lowest BCUT2D eigenvalue weighted by atomic mass is 10.3. The van der Waals surface area contributed by atoms with Gasteiger partial charge in [0.15, 0.2) is 0 Å². The lowest BCUT2D eigenvalue weighted by molar-refractivity contribution is -0.116. The molecule has 0 aliphatic heterocycles. The van der Waals surface area contributed by atoms with E-state index < -0.39 is 0 Å². The molecule has 0 saturated heterocycles. The van der Waals surface area contributed by atoms with Crippen molar-refractivity contribution in [1.29, 1.82) is 0 Å². The summed E-state index contributed by atoms with van der Waals surface area (Å²) in [6, 6.07) is 9.65. The molecule has 2 rings (SSSR count). The van der Waals surface area contributed by atoms with E-state index in [1.165, 1.54) is 0 Å². The van der Waals surface area contributed by atoms with Crippen LogP contribution in [0.4, 0.5) is 5.69 Å². The van der Waals surface area contributed by atoms with Crippen LogP contribution in [-0.2, 0) is 11.3 Å². The summed E-state index contributed by atoms with van der Waals surface area (Å²) in [4.78, 5) is 11.9. The predicted octanol–water partition coefficient (Wildman–Crippen LogP) is 2.74. The summed E-state index contributed by atoms with van der Waals surface area (Å²) >= 11 is 2.23. The molecule has 0 unspecified atom stereocenters. The van der Waals surface area contributed by atoms with Gasteiger partial charge >= 0.3 is 0 Å². The number of carbonyl (C=O) groups is 1. The predicted molar refractivity (Wildman–Crippen MR) is 79.5 cm³/mol. The van der Waals surface area contributed by atoms with Crippen molar-refractivity contribution in [3.8, 4) is 0 Å². The average molecular weight is 355 g/mol. The van der Waals surface area contributed by atoms with E-state index in [2.05, 4.69) is 33.0 Å². The molecule has 1 heterocycles. The van der Waals surface area contributed by atoms with Gasteiger partial charge in [0.1, 0.15) is 6.54 Å². The highest BCUT2D eigenvalue weighted by Gasteiger charge is 2.07. The third-order valence-corrected chi connectivity index (χ3v) is 3.24. The van der Waals surface area contributed by atoms with E-state index in [4.69, 9.17) is 0 Å². The molecule has 2 aromatic rings. The minimum absolute atomic E-state index is 0.0672. The van der Waals surface area contributed by atoms with E-state index >= 15 is 0 Å². The first-order chi connectivity index (χ1) is 8.54. The van der Waals surface area contributed by atoms with E-state index in [0.717, 1.165) is 20.6 Å². The summed E-state index contributed by atoms with van der Waals surface area (Å²) in [6.07, 6.45) is 0. The van der Waals surface area contributed by atoms with Gasteiger partial charge in [0.2, 0.25) is 5.91 Å². The van der Waals surface area contributed by atoms with Crippen LogP contribution in [0.1, 0.15) is 11.4 Å². The Morgan fingerprint density at radius 1 is 1.33 bits per heavy atom. The molecule has 1 aromatic heterocycles. The second-order valence-electron chi connectivity index (χ2n) is 4.14. The normalized spacial score (nSPS) is 10.4. The maximum absolute atomic E-state index is 11.9. The zero-order valence-electron chi connectivity index (χ0n) is 10.3. The van der Waals surface area contributed by atoms with Crippen molar-refractivity contribution in [3.05, 3.63) is 45.3 Å². The molecule has 4 nitrogen and oxygen atoms in total. The second-order valence-corrected chi connectivity index (χ2v) is 5.39. The van der Waals surface area contributed by atoms with Gasteiger partial charge in [-0.05, 0) is 66.8 Å². The molecule has 0 atom stereocenters. The summed E-state index contributed by atoms with van der Waals surface area (Å²) in [5.74, 6) is -0.0672. The summed E-state index contributed by atoms with van der Waals surface area (Å²) in [5, 5.41) is 7.11. The van der Waals surface area contributed by atoms with Crippen LogP contribution < -0.4 is 5.32 Å². The zero-order valence-corrected chi connectivity index (χ0v) is 12.4. The SMILES string of the molecule is Cc1cc(C)n(CC(=O)Nc2ccc(I)cc2)n1. The lowest BCUT2D eigenvalue weighted by Crippen LogP contribution is -2.20. The molecular formula is C13H14IN3O. The van der Waals surface area contributed by atoms with E-state index in [0.29, 0.717) is 0 Å². The minimum atomic E-state index is -0.0672. The maximum atomic E-state index is 11.9. The number of nitrogens with zero attached hydrogens (tertiary/aromatic N) is 2. The number of hydrogen-bond acceptors (Lipinski definition) is 2. The van der Waals surface area contributed by atoms with Crippen LogP contribution in [0.2, 0.25) is 0 Å². The van der Waals surface area contributed by atoms with Crippen LogP contribution in [0, 0.1) is 17.4 Å². The Labute approximate surface area is 120 Å². The Balaban J connectivity index is 2.01. The van der Waals surface area contributed by atoms with Crippen LogP contribution >= 0.6 is 22.6 Å². The Bertz CT molecular complexity index is 560. The molecular weight excluding hydrogens is 341 g/mol. The number of aromatic nitrogens is 2. The van der Waals surface area contributed by atoms with Crippen LogP contribution in [0.3, 0.4) is 0 Å². The Kier molecular flexibility index (Phi) is 4.00. The minimum Gasteiger partial charge on any atom is -0.324 e. The summed E-state index contributed by atoms with van der Waals surface area (Å²) in [5.41, 5.74) is 2.72. The molecule has 0 aliphatic carbocycles. The number of carbonyl (C=O) groups excluding carboxylic acids is 1. The van der Waals surface area contributed by atoms with Crippen molar-refractivity contribution in [2.24, 2.45) is 0 Å². The van der Waals surface area contributed by atoms with Gasteiger partial charge in [-0.3, -0.25) is 9.48 Å². The molecule has 0 aliphatic rings. The number of nitrogens with one attached hydrogen (secondary N) is 1. The fraction of sp³-hybridized carbons (Fsp3) is 0.231. The van der Waals surface area contributed by atoms with E-state index in [1.807, 2.05) is 44.2 Å². The third-order valence-electron chi connectivity index (χ3n) is 2.52. The van der Waals surface area contributed by atoms with Crippen molar-refractivity contribution in [2.75, 3.05) is 5.32 Å². The summed E-state index contributed by atoms with van der Waals surface area (Å²) < 4.78 is 2.85. The molecule has 0 saturated carbocycles. The highest BCUT2D eigenvalue weighted by Crippen LogP contribution is 2.11. The molecule has 0 fully saturated rings. The number of hydrogen-bond donors (Lipinski definition) is 1. The summed E-state index contributed by atoms with van der Waals surface area (Å²) in [6.45, 7) is 4.10. The number of halogens is 1. The summed E-state index contributed by atoms with van der Waals surface area (Å²) in [7, 11) is 0. The Hall–Kier alpha value is -1.37. The number of aryl methyl sites for hydroxylation is 2. The fourth-order valence-corrected chi connectivity index (χ4v) is 2.06. The molecule has 1 amide bonds. The van der Waals surface area contributed by atoms with E-state index in [1.54, 1.807) is 4.68 Å². The highest BCUT2D eigenvalue weighted by molar-refractivity contribution is 14.1. The molecule has 94 valence electrons. The smallest absolute Gasteiger partial charge is 0.246 e. The van der Waals surface area contributed by atoms with Crippen molar-refractivity contribution >= 4 is 34.2 Å². The first-order valence-electron chi connectivity index (χ1n) is 5.61. The Morgan fingerprint density at radius 2 is 2.00 bits per heavy atom. The first-order valence-corrected chi connectivity index (χ1v) is 6.69. The van der Waals surface area contributed by atoms with Gasteiger partial charge in [0.25, 0.3) is 0 Å². The fourth-order valence-electron chi connectivity index (χ4n) is 1.70. The molecule has 18 heavy (non-hydrogen) atoms. The van der Waals surface area contributed by atoms with E-state index in [9.17, 15) is 4.79 Å². The number of rotatable bonds is 3. The van der Waals surface area contributed by atoms with Crippen LogP contribution in [-0.4, -0.2) is 15.7 Å². The standard InChI is InChI=1S/C13H14IN3O/c1-9-7-10(2)17(16-9)8-13(18)15-12-5-3-11(14)4-6-12/h3-7H,8H2,1-2H3,(H,15,18). The third kappa shape index (κ3) is 3.32. The van der Waals surface area contributed by atoms with Gasteiger partial charge in [-0.2, -0.15) is 5.10 Å². The number of benzene rings is 1. The van der Waals surface area contributed by atoms with Gasteiger partial charge in [0.05, 0.1) is 5.69 Å². The van der Waals surface area contributed by atoms with Crippen molar-refractivity contribution < 1.29 is 4.79 Å². The molecule has 0 bridgehead atoms. The molecule has 0 radical (unpaired) electrons. The van der Waals surface area contributed by atoms with Crippen molar-refractivity contribution in [3.63, 3.8) is 0 Å². The average Bonchev–Trinajstić information content (AvgIpc) is 2.61. The molecule has 1 aromatic carbocycles. The van der Waals surface area contributed by atoms with Gasteiger partial charge in [-0.25, -0.2) is 0 Å². The highest BCUT2D eigenvalue weighted by atomic mass is 127.